The predicted molar refractivity (Wildman–Crippen MR) is 29.0 cm³/mol. The van der Waals surface area contributed by atoms with Crippen molar-refractivity contribution in [1.29, 1.82) is 0 Å². The fourth-order valence-corrected chi connectivity index (χ4v) is 0.964. The van der Waals surface area contributed by atoms with Crippen LogP contribution in [-0.2, 0) is 11.8 Å². The van der Waals surface area contributed by atoms with E-state index in [1.807, 2.05) is 0 Å². The predicted octanol–water partition coefficient (Wildman–Crippen LogP) is 2.03. The Hall–Kier alpha value is 1.11. The third-order valence-electron chi connectivity index (χ3n) is 0.126. The molecule has 0 spiro atoms. The monoisotopic (exact) mass is 238 g/mol. The molecule has 38 valence electrons. The van der Waals surface area contributed by atoms with E-state index in [0.717, 1.165) is 0 Å². The van der Waals surface area contributed by atoms with Crippen molar-refractivity contribution in [3.8, 4) is 0 Å². The minimum absolute atomic E-state index is 2.28. The zero-order chi connectivity index (χ0) is 4.99. The van der Waals surface area contributed by atoms with Crippen molar-refractivity contribution in [1.82, 2.24) is 0 Å². The van der Waals surface area contributed by atoms with Crippen LogP contribution in [0.5, 0.6) is 0 Å². The minimum Gasteiger partial charge on any atom is -0.262 e. The summed E-state index contributed by atoms with van der Waals surface area (Å²) in [6.45, 7) is 0. The summed E-state index contributed by atoms with van der Waals surface area (Å²) in [5.74, 6) is 0. The van der Waals surface area contributed by atoms with Gasteiger partial charge < -0.3 is 0 Å². The van der Waals surface area contributed by atoms with Gasteiger partial charge in [-0.15, -0.1) is 0 Å². The van der Waals surface area contributed by atoms with Gasteiger partial charge in [-0.05, 0) is 0 Å². The first-order chi connectivity index (χ1) is 2.81. The van der Waals surface area contributed by atoms with E-state index in [4.69, 9.17) is 0 Å². The van der Waals surface area contributed by atoms with Crippen LogP contribution in [0.15, 0.2) is 0 Å². The van der Waals surface area contributed by atoms with Crippen molar-refractivity contribution in [2.24, 2.45) is 0 Å². The molecule has 6 heavy (non-hydrogen) atoms. The van der Waals surface area contributed by atoms with Crippen LogP contribution in [0.4, 0.5) is 0 Å². The maximum absolute atomic E-state index is 9.83. The average Bonchev–Trinajstić information content (AvgIpc) is 1.65. The van der Waals surface area contributed by atoms with Gasteiger partial charge in [-0.2, -0.15) is 0 Å². The lowest BCUT2D eigenvalue weighted by Gasteiger charge is -1.83. The number of halogens is 2. The maximum atomic E-state index is 9.83. The maximum Gasteiger partial charge on any atom is 0.341 e. The van der Waals surface area contributed by atoms with Crippen molar-refractivity contribution < 1.29 is 11.8 Å². The van der Waals surface area contributed by atoms with Gasteiger partial charge in [0.2, 0.25) is 0 Å². The summed E-state index contributed by atoms with van der Waals surface area (Å²) in [4.78, 5) is 0. The molecule has 0 amide bonds. The zero-order valence-corrected chi connectivity index (χ0v) is 6.65. The zero-order valence-electron chi connectivity index (χ0n) is 2.48. The van der Waals surface area contributed by atoms with Crippen LogP contribution < -0.4 is 0 Å². The van der Waals surface area contributed by atoms with Crippen LogP contribution in [0.3, 0.4) is 0 Å². The highest BCUT2D eigenvalue weighted by Gasteiger charge is 1.88. The van der Waals surface area contributed by atoms with E-state index in [-0.39, 0.29) is 0 Å². The molecule has 0 aliphatic rings. The molecular formula is HBr2O3P. The quantitative estimate of drug-likeness (QED) is 0.692. The van der Waals surface area contributed by atoms with Gasteiger partial charge in [0.15, 0.2) is 0 Å². The van der Waals surface area contributed by atoms with Gasteiger partial charge in [-0.25, -0.2) is 7.23 Å². The Kier molecular flexibility index (Phi) is 5.06. The molecule has 0 rings (SSSR count). The number of rotatable bonds is 2. The summed E-state index contributed by atoms with van der Waals surface area (Å²) in [6.07, 6.45) is 0. The molecule has 0 radical (unpaired) electrons. The van der Waals surface area contributed by atoms with Crippen molar-refractivity contribution in [2.45, 2.75) is 0 Å². The second kappa shape index (κ2) is 4.27. The second-order valence-electron chi connectivity index (χ2n) is 0.404. The van der Waals surface area contributed by atoms with Gasteiger partial charge in [0, 0.05) is 0 Å². The molecule has 0 atom stereocenters. The van der Waals surface area contributed by atoms with Gasteiger partial charge in [0.25, 0.3) is 0 Å². The lowest BCUT2D eigenvalue weighted by atomic mass is 15.8. The van der Waals surface area contributed by atoms with Crippen molar-refractivity contribution >= 4 is 40.8 Å². The molecule has 0 aromatic heterocycles. The molecule has 0 N–H and O–H groups in total. The van der Waals surface area contributed by atoms with E-state index in [9.17, 15) is 4.57 Å². The largest absolute Gasteiger partial charge is 0.341 e. The van der Waals surface area contributed by atoms with E-state index >= 15 is 0 Å². The van der Waals surface area contributed by atoms with Gasteiger partial charge in [0.05, 0.1) is 0 Å². The fraction of sp³-hybridized carbons (Fsp3) is 0. The van der Waals surface area contributed by atoms with E-state index < -0.39 is 8.25 Å². The van der Waals surface area contributed by atoms with Gasteiger partial charge >= 0.3 is 8.25 Å². The van der Waals surface area contributed by atoms with Crippen molar-refractivity contribution in [2.75, 3.05) is 0 Å². The Morgan fingerprint density at radius 2 is 1.67 bits per heavy atom. The Labute approximate surface area is 52.9 Å². The Bertz CT molecular complexity index is 46.8. The molecule has 0 aliphatic carbocycles. The molecule has 0 unspecified atom stereocenters. The van der Waals surface area contributed by atoms with E-state index in [1.54, 1.807) is 0 Å². The fourth-order valence-electron chi connectivity index (χ4n) is 0.0119. The molecule has 0 fully saturated rings. The van der Waals surface area contributed by atoms with Crippen LogP contribution in [0, 0.1) is 0 Å². The highest BCUT2D eigenvalue weighted by molar-refractivity contribution is 9.07. The van der Waals surface area contributed by atoms with Crippen LogP contribution in [0.25, 0.3) is 0 Å². The molecule has 0 saturated carbocycles. The summed E-state index contributed by atoms with van der Waals surface area (Å²) < 4.78 is 17.8. The topological polar surface area (TPSA) is 35.5 Å². The third-order valence-corrected chi connectivity index (χ3v) is 1.96. The Morgan fingerprint density at radius 1 is 1.33 bits per heavy atom. The summed E-state index contributed by atoms with van der Waals surface area (Å²) >= 11 is 4.91. The molecule has 6 heteroatoms. The van der Waals surface area contributed by atoms with Crippen molar-refractivity contribution in [3.63, 3.8) is 0 Å². The standard InChI is InChI=1S/Br2HO3P/c1-4-6(3)5-2/h6H. The summed E-state index contributed by atoms with van der Waals surface area (Å²) in [6, 6.07) is 0. The van der Waals surface area contributed by atoms with E-state index in [1.165, 1.54) is 0 Å². The molecular weight excluding hydrogens is 239 g/mol. The molecule has 0 heterocycles. The lowest BCUT2D eigenvalue weighted by molar-refractivity contribution is 0.477. The number of hydrogen-bond acceptors (Lipinski definition) is 3. The van der Waals surface area contributed by atoms with Crippen LogP contribution >= 0.6 is 40.8 Å². The highest BCUT2D eigenvalue weighted by Crippen LogP contribution is 2.28. The molecule has 0 bridgehead atoms. The minimum atomic E-state index is -2.28. The Morgan fingerprint density at radius 3 is 1.67 bits per heavy atom. The Balaban J connectivity index is 2.99. The molecule has 0 aliphatic heterocycles. The van der Waals surface area contributed by atoms with Crippen molar-refractivity contribution in [3.05, 3.63) is 0 Å². The molecule has 3 nitrogen and oxygen atoms in total. The third kappa shape index (κ3) is 3.31. The van der Waals surface area contributed by atoms with Crippen LogP contribution in [0.1, 0.15) is 0 Å². The van der Waals surface area contributed by atoms with Crippen LogP contribution in [-0.4, -0.2) is 0 Å². The summed E-state index contributed by atoms with van der Waals surface area (Å²) in [7, 11) is -2.28. The van der Waals surface area contributed by atoms with Gasteiger partial charge in [-0.3, -0.25) is 4.57 Å². The SMILES string of the molecule is O=[PH](OBr)OBr. The highest BCUT2D eigenvalue weighted by atomic mass is 79.9. The summed E-state index contributed by atoms with van der Waals surface area (Å²) in [5, 5.41) is 0. The normalized spacial score (nSPS) is 9.83. The second-order valence-corrected chi connectivity index (χ2v) is 3.16. The molecule has 0 aromatic carbocycles. The van der Waals surface area contributed by atoms with Crippen LogP contribution in [0.2, 0.25) is 0 Å². The smallest absolute Gasteiger partial charge is 0.262 e. The summed E-state index contributed by atoms with van der Waals surface area (Å²) in [5.41, 5.74) is 0. The lowest BCUT2D eigenvalue weighted by Crippen LogP contribution is -1.50. The average molecular weight is 240 g/mol. The number of hydrogen-bond donors (Lipinski definition) is 0. The van der Waals surface area contributed by atoms with Gasteiger partial charge in [-0.1, -0.05) is 0 Å². The first-order valence-electron chi connectivity index (χ1n) is 0.921. The molecule has 0 saturated heterocycles. The first-order valence-corrected chi connectivity index (χ1v) is 3.44. The van der Waals surface area contributed by atoms with E-state index in [0.29, 0.717) is 0 Å². The van der Waals surface area contributed by atoms with E-state index in [2.05, 4.69) is 39.7 Å². The molecule has 0 aromatic rings. The van der Waals surface area contributed by atoms with Gasteiger partial charge in [0.1, 0.15) is 32.5 Å². The first kappa shape index (κ1) is 7.11.